The van der Waals surface area contributed by atoms with Crippen LogP contribution < -0.4 is 10.4 Å². The Bertz CT molecular complexity index is 3950. The molecule has 3 aromatic heterocycles. The molecule has 424 valence electrons. The van der Waals surface area contributed by atoms with Crippen LogP contribution >= 0.6 is 7.75 Å². The zero-order chi connectivity index (χ0) is 59.2. The number of anilines is 1. The van der Waals surface area contributed by atoms with Crippen molar-refractivity contribution >= 4 is 59.8 Å². The molecule has 0 spiro atoms. The highest BCUT2D eigenvalue weighted by Gasteiger charge is 2.36. The van der Waals surface area contributed by atoms with Gasteiger partial charge in [-0.3, -0.25) is 9.05 Å². The van der Waals surface area contributed by atoms with Crippen LogP contribution in [0.15, 0.2) is 24.3 Å². The standard InChI is InChI=1S/C52H30F19N6O3P/c1-15(2)79-81(78,80-16(3)4)73-14-13-72-52-50(70)39(59)32(40(60)51(52)71)28-23-11-9-21(76-23)26(30-35(55)43(63)48(68)44(64)36(30)56)19-7-5-17(74-19)25(29-33(53)41(61)47(67)42(62)34(29)54)18-6-8-20(75-18)27(22-10-12-24(28)77-22)31-37(57)45(65)49(69)46(66)38(31)58/h5-12,15-16,72,74,77H,13-14H2,1-4H3,(H,73,78). The third kappa shape index (κ3) is 9.79. The summed E-state index contributed by atoms with van der Waals surface area (Å²) in [7, 11) is -4.12. The van der Waals surface area contributed by atoms with Crippen molar-refractivity contribution < 1.29 is 97.0 Å². The number of aromatic amines is 2. The average Bonchev–Trinajstić information content (AvgIpc) is 4.49. The first-order valence-electron chi connectivity index (χ1n) is 23.1. The van der Waals surface area contributed by atoms with E-state index in [4.69, 9.17) is 9.05 Å². The van der Waals surface area contributed by atoms with Crippen molar-refractivity contribution in [2.75, 3.05) is 18.4 Å². The number of rotatable bonds is 13. The van der Waals surface area contributed by atoms with Crippen LogP contribution in [0.4, 0.5) is 89.1 Å². The molecule has 0 fully saturated rings. The van der Waals surface area contributed by atoms with Gasteiger partial charge in [-0.05, 0) is 76.3 Å². The van der Waals surface area contributed by atoms with E-state index in [0.717, 1.165) is 0 Å². The third-order valence-electron chi connectivity index (χ3n) is 12.1. The van der Waals surface area contributed by atoms with E-state index in [9.17, 15) is 17.7 Å². The first kappa shape index (κ1) is 57.7. The number of H-pyrrole nitrogens is 2. The summed E-state index contributed by atoms with van der Waals surface area (Å²) in [5.74, 6) is -48.4. The molecule has 0 unspecified atom stereocenters. The van der Waals surface area contributed by atoms with Crippen LogP contribution in [0.25, 0.3) is 90.9 Å². The Hall–Kier alpha value is -7.94. The molecule has 9 rings (SSSR count). The van der Waals surface area contributed by atoms with Gasteiger partial charge in [-0.25, -0.2) is 103 Å². The van der Waals surface area contributed by atoms with E-state index in [2.05, 4.69) is 30.3 Å². The zero-order valence-corrected chi connectivity index (χ0v) is 41.8. The van der Waals surface area contributed by atoms with Crippen molar-refractivity contribution in [1.82, 2.24) is 25.0 Å². The second-order valence-corrected chi connectivity index (χ2v) is 19.7. The van der Waals surface area contributed by atoms with Crippen LogP contribution in [0.3, 0.4) is 0 Å². The van der Waals surface area contributed by atoms with Gasteiger partial charge in [0.2, 0.25) is 17.5 Å². The lowest BCUT2D eigenvalue weighted by Crippen LogP contribution is -2.25. The molecule has 8 bridgehead atoms. The number of hydrogen-bond acceptors (Lipinski definition) is 6. The summed E-state index contributed by atoms with van der Waals surface area (Å²) in [6.45, 7) is 4.79. The summed E-state index contributed by atoms with van der Waals surface area (Å²) in [5, 5.41) is 4.49. The lowest BCUT2D eigenvalue weighted by molar-refractivity contribution is 0.136. The normalized spacial score (nSPS) is 12.6. The topological polar surface area (TPSA) is 117 Å². The Kier molecular flexibility index (Phi) is 15.3. The molecule has 0 aliphatic carbocycles. The Labute approximate surface area is 441 Å². The van der Waals surface area contributed by atoms with E-state index in [0.29, 0.717) is 48.6 Å². The predicted octanol–water partition coefficient (Wildman–Crippen LogP) is 15.9. The van der Waals surface area contributed by atoms with Gasteiger partial charge in [0.1, 0.15) is 5.69 Å². The highest BCUT2D eigenvalue weighted by molar-refractivity contribution is 7.51. The minimum atomic E-state index is -4.12. The van der Waals surface area contributed by atoms with Gasteiger partial charge in [-0.2, -0.15) is 0 Å². The molecule has 0 atom stereocenters. The number of hydrogen-bond donors (Lipinski definition) is 4. The second-order valence-electron chi connectivity index (χ2n) is 18.0. The molecule has 7 aromatic rings. The number of halogens is 19. The van der Waals surface area contributed by atoms with Crippen LogP contribution in [0, 0.1) is 111 Å². The maximum absolute atomic E-state index is 16.9. The Balaban J connectivity index is 1.43. The van der Waals surface area contributed by atoms with E-state index >= 15 is 70.2 Å². The minimum absolute atomic E-state index is 0.522. The molecule has 9 nitrogen and oxygen atoms in total. The molecule has 5 heterocycles. The first-order valence-corrected chi connectivity index (χ1v) is 24.7. The number of benzene rings is 4. The summed E-state index contributed by atoms with van der Waals surface area (Å²) in [5.41, 5.74) is -21.5. The van der Waals surface area contributed by atoms with Gasteiger partial charge in [0.15, 0.2) is 93.1 Å². The van der Waals surface area contributed by atoms with Crippen molar-refractivity contribution in [2.24, 2.45) is 0 Å². The molecule has 2 aliphatic heterocycles. The van der Waals surface area contributed by atoms with Crippen LogP contribution in [0.5, 0.6) is 0 Å². The third-order valence-corrected chi connectivity index (χ3v) is 14.1. The van der Waals surface area contributed by atoms with Crippen LogP contribution in [-0.4, -0.2) is 45.2 Å². The highest BCUT2D eigenvalue weighted by Crippen LogP contribution is 2.47. The van der Waals surface area contributed by atoms with Crippen molar-refractivity contribution in [3.63, 3.8) is 0 Å². The van der Waals surface area contributed by atoms with E-state index in [1.165, 1.54) is 27.7 Å². The smallest absolute Gasteiger partial charge is 0.379 e. The lowest BCUT2D eigenvalue weighted by Gasteiger charge is -2.23. The van der Waals surface area contributed by atoms with Gasteiger partial charge in [-0.1, -0.05) is 0 Å². The fourth-order valence-electron chi connectivity index (χ4n) is 8.77. The summed E-state index contributed by atoms with van der Waals surface area (Å²) in [6, 6.07) is 2.66. The van der Waals surface area contributed by atoms with E-state index in [1.54, 1.807) is 0 Å². The summed E-state index contributed by atoms with van der Waals surface area (Å²) in [6.07, 6.45) is 1.17. The molecule has 0 amide bonds. The fourth-order valence-corrected chi connectivity index (χ4v) is 10.5. The summed E-state index contributed by atoms with van der Waals surface area (Å²) < 4.78 is 321. The number of nitrogens with zero attached hydrogens (tertiary/aromatic N) is 2. The van der Waals surface area contributed by atoms with Gasteiger partial charge in [-0.15, -0.1) is 0 Å². The van der Waals surface area contributed by atoms with Gasteiger partial charge in [0, 0.05) is 57.4 Å². The van der Waals surface area contributed by atoms with E-state index in [1.807, 2.05) is 0 Å². The van der Waals surface area contributed by atoms with Crippen molar-refractivity contribution in [1.29, 1.82) is 0 Å². The Morgan fingerprint density at radius 2 is 0.605 bits per heavy atom. The molecule has 0 radical (unpaired) electrons. The molecule has 81 heavy (non-hydrogen) atoms. The monoisotopic (exact) mass is 1180 g/mol. The average molecular weight is 1180 g/mol. The quantitative estimate of drug-likeness (QED) is 0.0299. The zero-order valence-electron chi connectivity index (χ0n) is 40.9. The molecule has 4 N–H and O–H groups in total. The number of fused-ring (bicyclic) bond motifs is 8. The molecular weight excluding hydrogens is 1150 g/mol. The number of aromatic nitrogens is 4. The fraction of sp³-hybridized carbons (Fsp3) is 0.154. The molecule has 29 heteroatoms. The van der Waals surface area contributed by atoms with Gasteiger partial charge in [0.25, 0.3) is 0 Å². The minimum Gasteiger partial charge on any atom is -0.379 e. The molecular formula is C52H30F19N6O3P. The highest BCUT2D eigenvalue weighted by atomic mass is 31.2. The molecule has 0 saturated carbocycles. The largest absolute Gasteiger partial charge is 0.406 e. The maximum atomic E-state index is 16.9. The number of nitrogens with one attached hydrogen (secondary N) is 4. The lowest BCUT2D eigenvalue weighted by atomic mass is 10.0. The predicted molar refractivity (Wildman–Crippen MR) is 256 cm³/mol. The SMILES string of the molecule is CC(C)OP(=O)(NCCNc1c(F)c(F)c(-c2c3nc(c(-c4c(F)c(F)c(F)c(F)c4F)c4ccc([nH]4)c(-c4c(F)c(F)c(F)c(F)c4F)c4nc(c(-c5c(F)c(F)c(F)c(F)c5F)c5ccc2[nH]5)C=C4)C=C3)c(F)c1F)OC(C)C. The first-order chi connectivity index (χ1) is 38.1. The maximum Gasteiger partial charge on any atom is 0.406 e. The van der Waals surface area contributed by atoms with Crippen LogP contribution in [0.1, 0.15) is 50.5 Å². The Morgan fingerprint density at radius 3 is 0.852 bits per heavy atom. The van der Waals surface area contributed by atoms with E-state index < -0.39 is 239 Å². The van der Waals surface area contributed by atoms with Crippen LogP contribution in [-0.2, 0) is 13.6 Å². The second kappa shape index (κ2) is 21.5. The Morgan fingerprint density at radius 1 is 0.370 bits per heavy atom. The van der Waals surface area contributed by atoms with Crippen molar-refractivity contribution in [3.05, 3.63) is 158 Å². The molecule has 4 aromatic carbocycles. The van der Waals surface area contributed by atoms with Crippen molar-refractivity contribution in [3.8, 4) is 44.5 Å². The van der Waals surface area contributed by atoms with Gasteiger partial charge < -0.3 is 15.3 Å². The van der Waals surface area contributed by atoms with Crippen molar-refractivity contribution in [2.45, 2.75) is 39.9 Å². The van der Waals surface area contributed by atoms with E-state index in [-0.39, 0.29) is 0 Å². The summed E-state index contributed by atoms with van der Waals surface area (Å²) in [4.78, 5) is 12.7. The van der Waals surface area contributed by atoms with Gasteiger partial charge >= 0.3 is 7.75 Å². The molecule has 0 saturated heterocycles. The van der Waals surface area contributed by atoms with Crippen LogP contribution in [0.2, 0.25) is 0 Å². The van der Waals surface area contributed by atoms with Gasteiger partial charge in [0.05, 0.1) is 57.2 Å². The summed E-state index contributed by atoms with van der Waals surface area (Å²) >= 11 is 0. The molecule has 2 aliphatic rings.